The molecule has 0 aliphatic heterocycles. The van der Waals surface area contributed by atoms with Crippen molar-refractivity contribution in [2.45, 2.75) is 181 Å². The van der Waals surface area contributed by atoms with Crippen molar-refractivity contribution in [1.82, 2.24) is 0 Å². The maximum absolute atomic E-state index is 12.7. The first kappa shape index (κ1) is 32.5. The van der Waals surface area contributed by atoms with Crippen molar-refractivity contribution < 1.29 is 9.53 Å². The molecule has 0 saturated carbocycles. The number of esters is 1. The summed E-state index contributed by atoms with van der Waals surface area (Å²) < 4.78 is 5.72. The lowest BCUT2D eigenvalue weighted by atomic mass is 9.94. The van der Waals surface area contributed by atoms with Gasteiger partial charge in [-0.15, -0.1) is 0 Å². The van der Waals surface area contributed by atoms with Crippen LogP contribution in [0.15, 0.2) is 0 Å². The van der Waals surface area contributed by atoms with Crippen LogP contribution in [0.1, 0.15) is 181 Å². The number of hydrogen-bond donors (Lipinski definition) is 0. The molecule has 0 fully saturated rings. The summed E-state index contributed by atoms with van der Waals surface area (Å²) in [7, 11) is 0. The Kier molecular flexibility index (Phi) is 27.3. The lowest BCUT2D eigenvalue weighted by Crippen LogP contribution is -2.18. The van der Waals surface area contributed by atoms with Crippen molar-refractivity contribution in [2.24, 2.45) is 5.92 Å². The van der Waals surface area contributed by atoms with Gasteiger partial charge >= 0.3 is 5.97 Å². The summed E-state index contributed by atoms with van der Waals surface area (Å²) in [5, 5.41) is 0. The molecule has 2 heteroatoms. The minimum atomic E-state index is 0.0963. The van der Waals surface area contributed by atoms with Crippen molar-refractivity contribution in [3.05, 3.63) is 0 Å². The van der Waals surface area contributed by atoms with E-state index in [-0.39, 0.29) is 11.9 Å². The first-order valence-corrected chi connectivity index (χ1v) is 15.4. The molecule has 1 atom stereocenters. The second kappa shape index (κ2) is 27.7. The van der Waals surface area contributed by atoms with Crippen LogP contribution in [0.4, 0.5) is 0 Å². The number of carbonyl (C=O) groups is 1. The zero-order chi connectivity index (χ0) is 24.2. The van der Waals surface area contributed by atoms with Gasteiger partial charge in [-0.3, -0.25) is 4.79 Å². The van der Waals surface area contributed by atoms with Gasteiger partial charge in [0.1, 0.15) is 0 Å². The molecule has 0 saturated heterocycles. The average molecular weight is 467 g/mol. The predicted molar refractivity (Wildman–Crippen MR) is 147 cm³/mol. The van der Waals surface area contributed by atoms with E-state index in [0.29, 0.717) is 6.61 Å². The molecule has 198 valence electrons. The summed E-state index contributed by atoms with van der Waals surface area (Å²) in [4.78, 5) is 12.7. The quantitative estimate of drug-likeness (QED) is 0.0888. The molecular formula is C31H62O2. The fourth-order valence-corrected chi connectivity index (χ4v) is 4.78. The van der Waals surface area contributed by atoms with Crippen LogP contribution in [-0.2, 0) is 9.53 Å². The van der Waals surface area contributed by atoms with Crippen LogP contribution in [0.2, 0.25) is 0 Å². The largest absolute Gasteiger partial charge is 0.465 e. The lowest BCUT2D eigenvalue weighted by Gasteiger charge is -2.16. The lowest BCUT2D eigenvalue weighted by molar-refractivity contribution is -0.149. The van der Waals surface area contributed by atoms with Crippen molar-refractivity contribution in [2.75, 3.05) is 6.61 Å². The fourth-order valence-electron chi connectivity index (χ4n) is 4.78. The number of hydrogen-bond acceptors (Lipinski definition) is 2. The van der Waals surface area contributed by atoms with Crippen LogP contribution in [0, 0.1) is 5.92 Å². The summed E-state index contributed by atoms with van der Waals surface area (Å²) in [6.07, 6.45) is 32.4. The van der Waals surface area contributed by atoms with E-state index in [2.05, 4.69) is 20.8 Å². The Morgan fingerprint density at radius 3 is 1.15 bits per heavy atom. The van der Waals surface area contributed by atoms with Gasteiger partial charge in [-0.2, -0.15) is 0 Å². The molecule has 1 unspecified atom stereocenters. The maximum Gasteiger partial charge on any atom is 0.308 e. The van der Waals surface area contributed by atoms with Gasteiger partial charge in [0.05, 0.1) is 12.5 Å². The molecule has 33 heavy (non-hydrogen) atoms. The Labute approximate surface area is 209 Å². The van der Waals surface area contributed by atoms with E-state index in [0.717, 1.165) is 19.3 Å². The van der Waals surface area contributed by atoms with Gasteiger partial charge in [-0.1, -0.05) is 162 Å². The number of rotatable bonds is 27. The zero-order valence-corrected chi connectivity index (χ0v) is 23.3. The van der Waals surface area contributed by atoms with Gasteiger partial charge in [0.2, 0.25) is 0 Å². The van der Waals surface area contributed by atoms with Crippen LogP contribution >= 0.6 is 0 Å². The van der Waals surface area contributed by atoms with E-state index in [1.165, 1.54) is 141 Å². The molecule has 0 aliphatic carbocycles. The van der Waals surface area contributed by atoms with Crippen LogP contribution < -0.4 is 0 Å². The highest BCUT2D eigenvalue weighted by atomic mass is 16.5. The standard InChI is InChI=1S/C31H62O2/c1-4-7-10-13-15-16-17-18-19-20-21-23-26-29-33-31(32)30(27-24-12-9-6-3)28-25-22-14-11-8-5-2/h30H,4-29H2,1-3H3. The average Bonchev–Trinajstić information content (AvgIpc) is 2.82. The van der Waals surface area contributed by atoms with E-state index in [4.69, 9.17) is 4.74 Å². The van der Waals surface area contributed by atoms with Gasteiger partial charge in [-0.05, 0) is 19.3 Å². The Morgan fingerprint density at radius 2 is 0.758 bits per heavy atom. The van der Waals surface area contributed by atoms with Crippen LogP contribution in [-0.4, -0.2) is 12.6 Å². The Balaban J connectivity index is 3.74. The molecule has 2 nitrogen and oxygen atoms in total. The van der Waals surface area contributed by atoms with Gasteiger partial charge in [0, 0.05) is 0 Å². The molecule has 0 N–H and O–H groups in total. The van der Waals surface area contributed by atoms with Crippen molar-refractivity contribution in [3.63, 3.8) is 0 Å². The van der Waals surface area contributed by atoms with E-state index in [9.17, 15) is 4.79 Å². The van der Waals surface area contributed by atoms with E-state index in [1.54, 1.807) is 0 Å². The Bertz CT molecular complexity index is 379. The highest BCUT2D eigenvalue weighted by Crippen LogP contribution is 2.21. The summed E-state index contributed by atoms with van der Waals surface area (Å²) in [6, 6.07) is 0. The smallest absolute Gasteiger partial charge is 0.308 e. The van der Waals surface area contributed by atoms with Crippen LogP contribution in [0.25, 0.3) is 0 Å². The van der Waals surface area contributed by atoms with Crippen molar-refractivity contribution in [3.8, 4) is 0 Å². The van der Waals surface area contributed by atoms with E-state index >= 15 is 0 Å². The third-order valence-electron chi connectivity index (χ3n) is 7.14. The Morgan fingerprint density at radius 1 is 0.455 bits per heavy atom. The van der Waals surface area contributed by atoms with Gasteiger partial charge in [0.15, 0.2) is 0 Å². The first-order chi connectivity index (χ1) is 16.3. The normalized spacial score (nSPS) is 12.2. The monoisotopic (exact) mass is 466 g/mol. The maximum atomic E-state index is 12.7. The third-order valence-corrected chi connectivity index (χ3v) is 7.14. The zero-order valence-electron chi connectivity index (χ0n) is 23.3. The SMILES string of the molecule is CCCCCCCCCCCCCCCOC(=O)C(CCCCCC)CCCCCCCC. The molecule has 0 bridgehead atoms. The molecule has 0 aromatic carbocycles. The minimum absolute atomic E-state index is 0.0963. The topological polar surface area (TPSA) is 26.3 Å². The van der Waals surface area contributed by atoms with Gasteiger partial charge in [0.25, 0.3) is 0 Å². The van der Waals surface area contributed by atoms with Crippen LogP contribution in [0.3, 0.4) is 0 Å². The highest BCUT2D eigenvalue weighted by molar-refractivity contribution is 5.72. The molecule has 0 aliphatic rings. The molecule has 0 radical (unpaired) electrons. The highest BCUT2D eigenvalue weighted by Gasteiger charge is 2.19. The second-order valence-electron chi connectivity index (χ2n) is 10.5. The number of unbranched alkanes of at least 4 members (excludes halogenated alkanes) is 20. The molecule has 0 spiro atoms. The Hall–Kier alpha value is -0.530. The van der Waals surface area contributed by atoms with Crippen molar-refractivity contribution >= 4 is 5.97 Å². The number of carbonyl (C=O) groups excluding carboxylic acids is 1. The minimum Gasteiger partial charge on any atom is -0.465 e. The van der Waals surface area contributed by atoms with Gasteiger partial charge < -0.3 is 4.74 Å². The number of ether oxygens (including phenoxy) is 1. The predicted octanol–water partition coefficient (Wildman–Crippen LogP) is 11.0. The molecular weight excluding hydrogens is 404 g/mol. The molecule has 0 rings (SSSR count). The second-order valence-corrected chi connectivity index (χ2v) is 10.5. The van der Waals surface area contributed by atoms with Crippen molar-refractivity contribution in [1.29, 1.82) is 0 Å². The van der Waals surface area contributed by atoms with Gasteiger partial charge in [-0.25, -0.2) is 0 Å². The third kappa shape index (κ3) is 24.4. The molecule has 0 amide bonds. The summed E-state index contributed by atoms with van der Waals surface area (Å²) in [5.74, 6) is 0.244. The molecule has 0 aromatic heterocycles. The molecule has 0 heterocycles. The molecule has 0 aromatic rings. The summed E-state index contributed by atoms with van der Waals surface area (Å²) >= 11 is 0. The summed E-state index contributed by atoms with van der Waals surface area (Å²) in [5.41, 5.74) is 0. The first-order valence-electron chi connectivity index (χ1n) is 15.4. The summed E-state index contributed by atoms with van der Waals surface area (Å²) in [6.45, 7) is 7.43. The van der Waals surface area contributed by atoms with E-state index in [1.807, 2.05) is 0 Å². The fraction of sp³-hybridized carbons (Fsp3) is 0.968. The van der Waals surface area contributed by atoms with Crippen LogP contribution in [0.5, 0.6) is 0 Å². The van der Waals surface area contributed by atoms with E-state index < -0.39 is 0 Å².